The first-order chi connectivity index (χ1) is 9.93. The maximum atomic E-state index is 3.77. The second-order valence-corrected chi connectivity index (χ2v) is 7.82. The average Bonchev–Trinajstić information content (AvgIpc) is 3.09. The predicted octanol–water partition coefficient (Wildman–Crippen LogP) is 3.01. The number of hydrogen-bond acceptors (Lipinski definition) is 2. The maximum absolute atomic E-state index is 3.77. The Morgan fingerprint density at radius 1 is 1.19 bits per heavy atom. The van der Waals surface area contributed by atoms with Crippen LogP contribution in [0.4, 0.5) is 0 Å². The molecule has 21 heavy (non-hydrogen) atoms. The van der Waals surface area contributed by atoms with E-state index in [1.807, 2.05) is 0 Å². The summed E-state index contributed by atoms with van der Waals surface area (Å²) >= 11 is 0. The van der Waals surface area contributed by atoms with Gasteiger partial charge in [0.1, 0.15) is 0 Å². The standard InChI is InChI=1S/C18H40N3/c1-7-11-18(14-17(18)20-12-8-2)15-21(5,6)13-10-16(9-3)19-4/h16-17,19-20H,7-15H2,1-6H3/q+1. The van der Waals surface area contributed by atoms with Gasteiger partial charge in [-0.3, -0.25) is 0 Å². The van der Waals surface area contributed by atoms with E-state index in [1.54, 1.807) is 0 Å². The Morgan fingerprint density at radius 2 is 1.90 bits per heavy atom. The van der Waals surface area contributed by atoms with Crippen molar-refractivity contribution in [3.05, 3.63) is 0 Å². The Kier molecular flexibility index (Phi) is 7.66. The summed E-state index contributed by atoms with van der Waals surface area (Å²) in [5, 5.41) is 7.21. The summed E-state index contributed by atoms with van der Waals surface area (Å²) in [4.78, 5) is 0. The van der Waals surface area contributed by atoms with Crippen molar-refractivity contribution in [1.82, 2.24) is 10.6 Å². The Bertz CT molecular complexity index is 286. The summed E-state index contributed by atoms with van der Waals surface area (Å²) in [6.45, 7) is 10.7. The van der Waals surface area contributed by atoms with Crippen molar-refractivity contribution in [3.8, 4) is 0 Å². The molecule has 3 heteroatoms. The molecule has 0 saturated heterocycles. The van der Waals surface area contributed by atoms with Crippen molar-refractivity contribution >= 4 is 0 Å². The smallest absolute Gasteiger partial charge is 0.0855 e. The summed E-state index contributed by atoms with van der Waals surface area (Å²) in [6.07, 6.45) is 7.87. The van der Waals surface area contributed by atoms with Gasteiger partial charge in [-0.1, -0.05) is 27.2 Å². The molecule has 0 aromatic rings. The first-order valence-electron chi connectivity index (χ1n) is 9.15. The Labute approximate surface area is 133 Å². The fourth-order valence-electron chi connectivity index (χ4n) is 3.97. The summed E-state index contributed by atoms with van der Waals surface area (Å²) in [6, 6.07) is 1.46. The van der Waals surface area contributed by atoms with E-state index in [9.17, 15) is 0 Å². The highest BCUT2D eigenvalue weighted by atomic mass is 15.3. The van der Waals surface area contributed by atoms with Crippen LogP contribution >= 0.6 is 0 Å². The molecule has 1 saturated carbocycles. The molecule has 0 aromatic carbocycles. The summed E-state index contributed by atoms with van der Waals surface area (Å²) in [5.41, 5.74) is 0.578. The third kappa shape index (κ3) is 5.88. The number of nitrogens with one attached hydrogen (secondary N) is 2. The van der Waals surface area contributed by atoms with Gasteiger partial charge >= 0.3 is 0 Å². The van der Waals surface area contributed by atoms with Crippen molar-refractivity contribution in [1.29, 1.82) is 0 Å². The molecule has 0 amide bonds. The molecule has 0 bridgehead atoms. The molecule has 2 N–H and O–H groups in total. The van der Waals surface area contributed by atoms with Crippen LogP contribution in [0.1, 0.15) is 59.3 Å². The van der Waals surface area contributed by atoms with Gasteiger partial charge in [0, 0.05) is 23.9 Å². The quantitative estimate of drug-likeness (QED) is 0.541. The lowest BCUT2D eigenvalue weighted by atomic mass is 9.97. The van der Waals surface area contributed by atoms with E-state index in [2.05, 4.69) is 52.5 Å². The molecule has 0 heterocycles. The second kappa shape index (κ2) is 8.50. The zero-order valence-corrected chi connectivity index (χ0v) is 15.5. The van der Waals surface area contributed by atoms with Crippen LogP contribution in [0.2, 0.25) is 0 Å². The van der Waals surface area contributed by atoms with Crippen LogP contribution in [-0.2, 0) is 0 Å². The first-order valence-corrected chi connectivity index (χ1v) is 9.15. The van der Waals surface area contributed by atoms with E-state index in [-0.39, 0.29) is 0 Å². The second-order valence-electron chi connectivity index (χ2n) is 7.82. The maximum Gasteiger partial charge on any atom is 0.0855 e. The SMILES string of the molecule is CCCNC1CC1(CCC)C[N+](C)(C)CCC(CC)NC. The Morgan fingerprint density at radius 3 is 2.43 bits per heavy atom. The van der Waals surface area contributed by atoms with Crippen LogP contribution in [0.15, 0.2) is 0 Å². The molecule has 126 valence electrons. The van der Waals surface area contributed by atoms with E-state index in [4.69, 9.17) is 0 Å². The molecule has 0 aromatic heterocycles. The molecular formula is C18H40N3+. The lowest BCUT2D eigenvalue weighted by Gasteiger charge is -2.35. The lowest BCUT2D eigenvalue weighted by Crippen LogP contribution is -2.48. The van der Waals surface area contributed by atoms with Crippen LogP contribution in [0.25, 0.3) is 0 Å². The number of rotatable bonds is 12. The summed E-state index contributed by atoms with van der Waals surface area (Å²) in [7, 11) is 6.95. The summed E-state index contributed by atoms with van der Waals surface area (Å²) < 4.78 is 1.17. The third-order valence-electron chi connectivity index (χ3n) is 5.31. The van der Waals surface area contributed by atoms with Gasteiger partial charge in [0.25, 0.3) is 0 Å². The van der Waals surface area contributed by atoms with Gasteiger partial charge in [-0.2, -0.15) is 0 Å². The van der Waals surface area contributed by atoms with Crippen molar-refractivity contribution in [3.63, 3.8) is 0 Å². The van der Waals surface area contributed by atoms with E-state index < -0.39 is 0 Å². The van der Waals surface area contributed by atoms with Crippen LogP contribution in [-0.4, -0.2) is 57.3 Å². The number of quaternary nitrogens is 1. The minimum Gasteiger partial charge on any atom is -0.328 e. The van der Waals surface area contributed by atoms with Gasteiger partial charge in [-0.25, -0.2) is 0 Å². The molecule has 1 aliphatic rings. The molecule has 3 nitrogen and oxygen atoms in total. The van der Waals surface area contributed by atoms with E-state index in [1.165, 1.54) is 62.6 Å². The molecule has 3 atom stereocenters. The largest absolute Gasteiger partial charge is 0.328 e. The van der Waals surface area contributed by atoms with Crippen LogP contribution in [0.5, 0.6) is 0 Å². The van der Waals surface area contributed by atoms with Crippen molar-refractivity contribution in [2.24, 2.45) is 5.41 Å². The highest BCUT2D eigenvalue weighted by molar-refractivity contribution is 5.07. The lowest BCUT2D eigenvalue weighted by molar-refractivity contribution is -0.895. The first kappa shape index (κ1) is 18.9. The minimum atomic E-state index is 0.578. The molecule has 0 radical (unpaired) electrons. The van der Waals surface area contributed by atoms with Gasteiger partial charge in [0.15, 0.2) is 0 Å². The van der Waals surface area contributed by atoms with Gasteiger partial charge in [0.05, 0.1) is 27.2 Å². The minimum absolute atomic E-state index is 0.578. The Balaban J connectivity index is 2.50. The van der Waals surface area contributed by atoms with Gasteiger partial charge in [-0.15, -0.1) is 0 Å². The zero-order valence-electron chi connectivity index (χ0n) is 15.5. The summed E-state index contributed by atoms with van der Waals surface area (Å²) in [5.74, 6) is 0. The molecule has 1 aliphatic carbocycles. The molecule has 1 fully saturated rings. The molecule has 3 unspecified atom stereocenters. The molecule has 0 spiro atoms. The van der Waals surface area contributed by atoms with E-state index in [0.29, 0.717) is 11.5 Å². The molecule has 0 aliphatic heterocycles. The Hall–Kier alpha value is -0.120. The van der Waals surface area contributed by atoms with E-state index in [0.717, 1.165) is 6.04 Å². The van der Waals surface area contributed by atoms with Crippen LogP contribution < -0.4 is 10.6 Å². The monoisotopic (exact) mass is 298 g/mol. The fraction of sp³-hybridized carbons (Fsp3) is 1.00. The molecular weight excluding hydrogens is 258 g/mol. The normalized spacial score (nSPS) is 26.9. The van der Waals surface area contributed by atoms with Crippen molar-refractivity contribution in [2.75, 3.05) is 40.8 Å². The van der Waals surface area contributed by atoms with Crippen molar-refractivity contribution in [2.45, 2.75) is 71.4 Å². The van der Waals surface area contributed by atoms with Crippen LogP contribution in [0, 0.1) is 5.41 Å². The van der Waals surface area contributed by atoms with Gasteiger partial charge in [-0.05, 0) is 39.3 Å². The highest BCUT2D eigenvalue weighted by Crippen LogP contribution is 2.51. The van der Waals surface area contributed by atoms with Gasteiger partial charge < -0.3 is 15.1 Å². The fourth-order valence-corrected chi connectivity index (χ4v) is 3.97. The third-order valence-corrected chi connectivity index (χ3v) is 5.31. The number of hydrogen-bond donors (Lipinski definition) is 2. The van der Waals surface area contributed by atoms with Crippen molar-refractivity contribution < 1.29 is 4.48 Å². The van der Waals surface area contributed by atoms with E-state index >= 15 is 0 Å². The number of nitrogens with zero attached hydrogens (tertiary/aromatic N) is 1. The topological polar surface area (TPSA) is 24.1 Å². The predicted molar refractivity (Wildman–Crippen MR) is 93.6 cm³/mol. The average molecular weight is 299 g/mol. The highest BCUT2D eigenvalue weighted by Gasteiger charge is 2.56. The van der Waals surface area contributed by atoms with Gasteiger partial charge in [0.2, 0.25) is 0 Å². The molecule has 1 rings (SSSR count). The zero-order chi connectivity index (χ0) is 15.9. The van der Waals surface area contributed by atoms with Crippen LogP contribution in [0.3, 0.4) is 0 Å².